The zero-order valence-corrected chi connectivity index (χ0v) is 17.8. The summed E-state index contributed by atoms with van der Waals surface area (Å²) in [4.78, 5) is 12.1. The van der Waals surface area contributed by atoms with Crippen LogP contribution in [0.5, 0.6) is 0 Å². The highest BCUT2D eigenvalue weighted by atomic mass is 16.5. The van der Waals surface area contributed by atoms with E-state index in [0.717, 1.165) is 42.3 Å². The van der Waals surface area contributed by atoms with Crippen LogP contribution in [0.3, 0.4) is 0 Å². The van der Waals surface area contributed by atoms with Crippen molar-refractivity contribution in [3.63, 3.8) is 0 Å². The molecular formula is C24H31N5O. The number of nitriles is 1. The Morgan fingerprint density at radius 2 is 1.93 bits per heavy atom. The number of anilines is 1. The van der Waals surface area contributed by atoms with Crippen LogP contribution in [0.15, 0.2) is 30.5 Å². The van der Waals surface area contributed by atoms with Gasteiger partial charge in [0.25, 0.3) is 0 Å². The second kappa shape index (κ2) is 8.50. The van der Waals surface area contributed by atoms with Gasteiger partial charge in [-0.3, -0.25) is 14.8 Å². The zero-order valence-electron chi connectivity index (χ0n) is 17.8. The Hall–Kier alpha value is -2.20. The molecule has 3 fully saturated rings. The van der Waals surface area contributed by atoms with Crippen LogP contribution >= 0.6 is 0 Å². The van der Waals surface area contributed by atoms with Crippen LogP contribution in [0.2, 0.25) is 0 Å². The van der Waals surface area contributed by atoms with Gasteiger partial charge < -0.3 is 9.64 Å². The molecule has 1 aromatic carbocycles. The van der Waals surface area contributed by atoms with Crippen LogP contribution < -0.4 is 4.90 Å². The van der Waals surface area contributed by atoms with E-state index in [2.05, 4.69) is 44.8 Å². The molecule has 158 valence electrons. The number of hydrogen-bond acceptors (Lipinski definition) is 6. The van der Waals surface area contributed by atoms with Crippen molar-refractivity contribution in [1.82, 2.24) is 14.8 Å². The van der Waals surface area contributed by atoms with Crippen LogP contribution in [-0.4, -0.2) is 78.8 Å². The fraction of sp³-hybridized carbons (Fsp3) is 0.583. The molecule has 0 saturated carbocycles. The van der Waals surface area contributed by atoms with Gasteiger partial charge in [-0.2, -0.15) is 5.26 Å². The third kappa shape index (κ3) is 3.90. The van der Waals surface area contributed by atoms with Gasteiger partial charge >= 0.3 is 0 Å². The molecule has 6 nitrogen and oxygen atoms in total. The van der Waals surface area contributed by atoms with Crippen molar-refractivity contribution in [3.05, 3.63) is 36.0 Å². The fourth-order valence-electron chi connectivity index (χ4n) is 5.36. The van der Waals surface area contributed by atoms with Gasteiger partial charge in [0, 0.05) is 56.0 Å². The second-order valence-electron chi connectivity index (χ2n) is 9.09. The predicted molar refractivity (Wildman–Crippen MR) is 119 cm³/mol. The molecule has 4 heterocycles. The first-order valence-electron chi connectivity index (χ1n) is 11.4. The number of pyridine rings is 1. The number of morpholine rings is 1. The first-order valence-corrected chi connectivity index (χ1v) is 11.4. The minimum atomic E-state index is 0.185. The van der Waals surface area contributed by atoms with Gasteiger partial charge in [-0.1, -0.05) is 6.42 Å². The Labute approximate surface area is 179 Å². The van der Waals surface area contributed by atoms with E-state index in [4.69, 9.17) is 4.74 Å². The maximum atomic E-state index is 9.44. The van der Waals surface area contributed by atoms with Crippen LogP contribution in [0, 0.1) is 11.3 Å². The van der Waals surface area contributed by atoms with Crippen molar-refractivity contribution >= 4 is 16.6 Å². The number of likely N-dealkylation sites (tertiary alicyclic amines) is 2. The quantitative estimate of drug-likeness (QED) is 0.780. The molecule has 0 unspecified atom stereocenters. The van der Waals surface area contributed by atoms with Gasteiger partial charge in [0.1, 0.15) is 6.07 Å². The topological polar surface area (TPSA) is 55.6 Å². The van der Waals surface area contributed by atoms with Crippen molar-refractivity contribution < 1.29 is 4.74 Å². The maximum absolute atomic E-state index is 9.44. The molecule has 0 bridgehead atoms. The molecule has 2 atom stereocenters. The molecule has 30 heavy (non-hydrogen) atoms. The van der Waals surface area contributed by atoms with E-state index in [1.807, 2.05) is 12.1 Å². The maximum Gasteiger partial charge on any atom is 0.101 e. The van der Waals surface area contributed by atoms with Crippen LogP contribution in [-0.2, 0) is 4.74 Å². The number of rotatable bonds is 4. The van der Waals surface area contributed by atoms with Gasteiger partial charge in [0.15, 0.2) is 0 Å². The number of aromatic nitrogens is 1. The molecule has 0 N–H and O–H groups in total. The number of nitrogens with zero attached hydrogens (tertiary/aromatic N) is 5. The summed E-state index contributed by atoms with van der Waals surface area (Å²) in [5.41, 5.74) is 2.59. The smallest absolute Gasteiger partial charge is 0.101 e. The predicted octanol–water partition coefficient (Wildman–Crippen LogP) is 2.87. The van der Waals surface area contributed by atoms with E-state index < -0.39 is 0 Å². The standard InChI is InChI=1S/C24H31N5O/c1-18-13-29(23-8-7-19(12-25)24-22(23)6-5-9-26-24)17-21(30-18)16-27-14-20(15-27)28-10-3-2-4-11-28/h5-9,18,20-21H,2-4,10-11,13-17H2,1H3/t18-,21+/m1/s1. The van der Waals surface area contributed by atoms with Crippen molar-refractivity contribution in [2.45, 2.75) is 44.4 Å². The van der Waals surface area contributed by atoms with Gasteiger partial charge in [0.2, 0.25) is 0 Å². The Kier molecular flexibility index (Phi) is 5.60. The summed E-state index contributed by atoms with van der Waals surface area (Å²) in [5.74, 6) is 0. The summed E-state index contributed by atoms with van der Waals surface area (Å²) in [7, 11) is 0. The van der Waals surface area contributed by atoms with E-state index >= 15 is 0 Å². The Morgan fingerprint density at radius 3 is 2.73 bits per heavy atom. The summed E-state index contributed by atoms with van der Waals surface area (Å²) >= 11 is 0. The largest absolute Gasteiger partial charge is 0.370 e. The number of benzene rings is 1. The SMILES string of the molecule is C[C@@H]1CN(c2ccc(C#N)c3ncccc23)C[C@H](CN2CC(N3CCCCC3)C2)O1. The Bertz CT molecular complexity index is 929. The highest BCUT2D eigenvalue weighted by Crippen LogP contribution is 2.31. The molecule has 0 radical (unpaired) electrons. The number of hydrogen-bond donors (Lipinski definition) is 0. The first-order chi connectivity index (χ1) is 14.7. The molecule has 0 aliphatic carbocycles. The number of fused-ring (bicyclic) bond motifs is 1. The average molecular weight is 406 g/mol. The lowest BCUT2D eigenvalue weighted by Gasteiger charge is -2.49. The molecule has 5 rings (SSSR count). The van der Waals surface area contributed by atoms with E-state index in [9.17, 15) is 5.26 Å². The highest BCUT2D eigenvalue weighted by molar-refractivity contribution is 5.95. The van der Waals surface area contributed by atoms with Gasteiger partial charge in [-0.05, 0) is 57.1 Å². The van der Waals surface area contributed by atoms with Crippen molar-refractivity contribution in [1.29, 1.82) is 5.26 Å². The first kappa shape index (κ1) is 19.7. The highest BCUT2D eigenvalue weighted by Gasteiger charge is 2.35. The molecule has 3 saturated heterocycles. The fourth-order valence-corrected chi connectivity index (χ4v) is 5.36. The normalized spacial score (nSPS) is 26.5. The van der Waals surface area contributed by atoms with Crippen LogP contribution in [0.4, 0.5) is 5.69 Å². The number of ether oxygens (including phenoxy) is 1. The van der Waals surface area contributed by atoms with Crippen molar-refractivity contribution in [2.24, 2.45) is 0 Å². The van der Waals surface area contributed by atoms with Crippen LogP contribution in [0.1, 0.15) is 31.7 Å². The Balaban J connectivity index is 1.26. The second-order valence-corrected chi connectivity index (χ2v) is 9.09. The third-order valence-electron chi connectivity index (χ3n) is 6.84. The molecule has 6 heteroatoms. The number of piperidine rings is 1. The van der Waals surface area contributed by atoms with Crippen LogP contribution in [0.25, 0.3) is 10.9 Å². The lowest BCUT2D eigenvalue weighted by Crippen LogP contribution is -2.63. The lowest BCUT2D eigenvalue weighted by molar-refractivity contribution is -0.0588. The van der Waals surface area contributed by atoms with Gasteiger partial charge in [-0.15, -0.1) is 0 Å². The van der Waals surface area contributed by atoms with E-state index in [-0.39, 0.29) is 12.2 Å². The average Bonchev–Trinajstić information content (AvgIpc) is 2.75. The third-order valence-corrected chi connectivity index (χ3v) is 6.84. The summed E-state index contributed by atoms with van der Waals surface area (Å²) in [6, 6.07) is 11.0. The molecule has 0 spiro atoms. The van der Waals surface area contributed by atoms with Gasteiger partial charge in [-0.25, -0.2) is 0 Å². The van der Waals surface area contributed by atoms with Gasteiger partial charge in [0.05, 0.1) is 23.3 Å². The summed E-state index contributed by atoms with van der Waals surface area (Å²) in [6.45, 7) is 9.82. The molecule has 3 aliphatic rings. The van der Waals surface area contributed by atoms with E-state index in [1.165, 1.54) is 45.4 Å². The summed E-state index contributed by atoms with van der Waals surface area (Å²) in [6.07, 6.45) is 6.28. The van der Waals surface area contributed by atoms with Crippen molar-refractivity contribution in [2.75, 3.05) is 50.7 Å². The molecule has 3 aliphatic heterocycles. The molecule has 2 aromatic rings. The molecule has 1 aromatic heterocycles. The lowest BCUT2D eigenvalue weighted by atomic mass is 10.0. The summed E-state index contributed by atoms with van der Waals surface area (Å²) in [5, 5.41) is 10.5. The zero-order chi connectivity index (χ0) is 20.5. The summed E-state index contributed by atoms with van der Waals surface area (Å²) < 4.78 is 6.32. The van der Waals surface area contributed by atoms with Crippen molar-refractivity contribution in [3.8, 4) is 6.07 Å². The molecule has 0 amide bonds. The van der Waals surface area contributed by atoms with E-state index in [1.54, 1.807) is 6.20 Å². The van der Waals surface area contributed by atoms with E-state index in [0.29, 0.717) is 5.56 Å². The molecular weight excluding hydrogens is 374 g/mol. The minimum absolute atomic E-state index is 0.185. The minimum Gasteiger partial charge on any atom is -0.370 e. The monoisotopic (exact) mass is 405 g/mol. The Morgan fingerprint density at radius 1 is 1.10 bits per heavy atom.